The zero-order valence-corrected chi connectivity index (χ0v) is 14.3. The normalized spacial score (nSPS) is 34.8. The van der Waals surface area contributed by atoms with Crippen molar-refractivity contribution in [3.8, 4) is 0 Å². The van der Waals surface area contributed by atoms with Gasteiger partial charge in [-0.3, -0.25) is 4.90 Å². The van der Waals surface area contributed by atoms with Crippen LogP contribution in [-0.2, 0) is 0 Å². The van der Waals surface area contributed by atoms with E-state index in [9.17, 15) is 0 Å². The Morgan fingerprint density at radius 3 is 2.70 bits per heavy atom. The van der Waals surface area contributed by atoms with E-state index in [0.717, 1.165) is 6.04 Å². The van der Waals surface area contributed by atoms with Gasteiger partial charge in [0.05, 0.1) is 0 Å². The third-order valence-electron chi connectivity index (χ3n) is 5.70. The molecule has 3 nitrogen and oxygen atoms in total. The maximum absolute atomic E-state index is 3.57. The maximum Gasteiger partial charge on any atom is 0.0251 e. The predicted molar refractivity (Wildman–Crippen MR) is 87.2 cm³/mol. The molecular formula is C17H35N3. The smallest absolute Gasteiger partial charge is 0.0251 e. The Hall–Kier alpha value is -0.120. The van der Waals surface area contributed by atoms with E-state index >= 15 is 0 Å². The fourth-order valence-electron chi connectivity index (χ4n) is 4.33. The van der Waals surface area contributed by atoms with Crippen LogP contribution < -0.4 is 5.32 Å². The van der Waals surface area contributed by atoms with Crippen molar-refractivity contribution in [1.82, 2.24) is 15.1 Å². The molecule has 0 radical (unpaired) electrons. The lowest BCUT2D eigenvalue weighted by Crippen LogP contribution is -2.55. The Morgan fingerprint density at radius 1 is 1.30 bits per heavy atom. The fourth-order valence-corrected chi connectivity index (χ4v) is 4.33. The summed E-state index contributed by atoms with van der Waals surface area (Å²) >= 11 is 0. The first-order chi connectivity index (χ1) is 9.46. The molecule has 1 aliphatic heterocycles. The van der Waals surface area contributed by atoms with Crippen molar-refractivity contribution in [3.63, 3.8) is 0 Å². The van der Waals surface area contributed by atoms with Crippen molar-refractivity contribution in [2.75, 3.05) is 33.7 Å². The van der Waals surface area contributed by atoms with Crippen molar-refractivity contribution in [3.05, 3.63) is 0 Å². The van der Waals surface area contributed by atoms with Crippen molar-refractivity contribution < 1.29 is 0 Å². The second-order valence-corrected chi connectivity index (χ2v) is 7.73. The average molecular weight is 281 g/mol. The summed E-state index contributed by atoms with van der Waals surface area (Å²) in [6, 6.07) is 2.15. The van der Waals surface area contributed by atoms with Crippen LogP contribution >= 0.6 is 0 Å². The van der Waals surface area contributed by atoms with Gasteiger partial charge >= 0.3 is 0 Å². The molecule has 0 aromatic heterocycles. The summed E-state index contributed by atoms with van der Waals surface area (Å²) in [4.78, 5) is 5.32. The highest BCUT2D eigenvalue weighted by molar-refractivity contribution is 4.94. The minimum atomic E-state index is 0.506. The Morgan fingerprint density at radius 2 is 2.05 bits per heavy atom. The highest BCUT2D eigenvalue weighted by atomic mass is 15.2. The van der Waals surface area contributed by atoms with E-state index in [-0.39, 0.29) is 0 Å². The minimum absolute atomic E-state index is 0.506. The standard InChI is InChI=1S/C17H35N3/c1-6-20-11-7-8-14(20)13-19(5)16-12-17(2,3)10-9-15(16)18-4/h14-16,18H,6-13H2,1-5H3. The number of hydrogen-bond acceptors (Lipinski definition) is 3. The van der Waals surface area contributed by atoms with Gasteiger partial charge in [-0.25, -0.2) is 0 Å². The van der Waals surface area contributed by atoms with Crippen LogP contribution in [0.15, 0.2) is 0 Å². The second-order valence-electron chi connectivity index (χ2n) is 7.73. The van der Waals surface area contributed by atoms with Crippen LogP contribution in [0.1, 0.15) is 52.9 Å². The van der Waals surface area contributed by atoms with Gasteiger partial charge in [0.1, 0.15) is 0 Å². The molecule has 2 rings (SSSR count). The van der Waals surface area contributed by atoms with Gasteiger partial charge in [0.15, 0.2) is 0 Å². The van der Waals surface area contributed by atoms with Crippen molar-refractivity contribution in [2.45, 2.75) is 71.0 Å². The fraction of sp³-hybridized carbons (Fsp3) is 1.00. The van der Waals surface area contributed by atoms with Gasteiger partial charge in [-0.2, -0.15) is 0 Å². The van der Waals surface area contributed by atoms with Gasteiger partial charge in [0.25, 0.3) is 0 Å². The molecule has 0 spiro atoms. The molecule has 0 bridgehead atoms. The zero-order valence-electron chi connectivity index (χ0n) is 14.3. The second kappa shape index (κ2) is 6.76. The first-order valence-corrected chi connectivity index (χ1v) is 8.58. The lowest BCUT2D eigenvalue weighted by Gasteiger charge is -2.45. The largest absolute Gasteiger partial charge is 0.315 e. The number of nitrogens with zero attached hydrogens (tertiary/aromatic N) is 2. The zero-order chi connectivity index (χ0) is 14.8. The van der Waals surface area contributed by atoms with Crippen LogP contribution in [0.25, 0.3) is 0 Å². The monoisotopic (exact) mass is 281 g/mol. The summed E-state index contributed by atoms with van der Waals surface area (Å²) < 4.78 is 0. The summed E-state index contributed by atoms with van der Waals surface area (Å²) in [6.45, 7) is 10.9. The molecule has 1 saturated heterocycles. The van der Waals surface area contributed by atoms with Gasteiger partial charge in [-0.1, -0.05) is 20.8 Å². The lowest BCUT2D eigenvalue weighted by atomic mass is 9.72. The maximum atomic E-state index is 3.57. The van der Waals surface area contributed by atoms with Crippen LogP contribution in [0.3, 0.4) is 0 Å². The number of nitrogens with one attached hydrogen (secondary N) is 1. The first kappa shape index (κ1) is 16.3. The van der Waals surface area contributed by atoms with Gasteiger partial charge in [-0.05, 0) is 64.7 Å². The van der Waals surface area contributed by atoms with Crippen LogP contribution in [-0.4, -0.2) is 61.7 Å². The Kier molecular flexibility index (Phi) is 5.49. The molecule has 3 unspecified atom stereocenters. The SMILES string of the molecule is CCN1CCCC1CN(C)C1CC(C)(C)CCC1NC. The van der Waals surface area contributed by atoms with E-state index in [0.29, 0.717) is 17.5 Å². The molecule has 118 valence electrons. The van der Waals surface area contributed by atoms with E-state index in [1.165, 1.54) is 51.7 Å². The van der Waals surface area contributed by atoms with Crippen molar-refractivity contribution in [2.24, 2.45) is 5.41 Å². The van der Waals surface area contributed by atoms with Gasteiger partial charge in [-0.15, -0.1) is 0 Å². The number of hydrogen-bond donors (Lipinski definition) is 1. The predicted octanol–water partition coefficient (Wildman–Crippen LogP) is 2.57. The average Bonchev–Trinajstić information content (AvgIpc) is 2.85. The highest BCUT2D eigenvalue weighted by Gasteiger charge is 2.37. The topological polar surface area (TPSA) is 18.5 Å². The van der Waals surface area contributed by atoms with Gasteiger partial charge in [0, 0.05) is 24.7 Å². The van der Waals surface area contributed by atoms with E-state index in [1.807, 2.05) is 0 Å². The van der Waals surface area contributed by atoms with Crippen LogP contribution in [0.4, 0.5) is 0 Å². The molecule has 0 amide bonds. The molecule has 2 aliphatic rings. The molecule has 1 aliphatic carbocycles. The Bertz CT molecular complexity index is 303. The molecule has 1 heterocycles. The Balaban J connectivity index is 1.96. The molecule has 3 atom stereocenters. The minimum Gasteiger partial charge on any atom is -0.315 e. The summed E-state index contributed by atoms with van der Waals surface area (Å²) in [5.74, 6) is 0. The number of likely N-dealkylation sites (N-methyl/N-ethyl adjacent to an activating group) is 3. The van der Waals surface area contributed by atoms with Gasteiger partial charge < -0.3 is 10.2 Å². The van der Waals surface area contributed by atoms with E-state index in [2.05, 4.69) is 50.0 Å². The molecule has 0 aromatic rings. The van der Waals surface area contributed by atoms with E-state index in [1.54, 1.807) is 0 Å². The van der Waals surface area contributed by atoms with E-state index in [4.69, 9.17) is 0 Å². The molecule has 0 aromatic carbocycles. The van der Waals surface area contributed by atoms with E-state index < -0.39 is 0 Å². The number of rotatable bonds is 5. The van der Waals surface area contributed by atoms with Gasteiger partial charge in [0.2, 0.25) is 0 Å². The third kappa shape index (κ3) is 3.75. The van der Waals surface area contributed by atoms with Crippen LogP contribution in [0.2, 0.25) is 0 Å². The summed E-state index contributed by atoms with van der Waals surface area (Å²) in [5.41, 5.74) is 0.506. The summed E-state index contributed by atoms with van der Waals surface area (Å²) in [5, 5.41) is 3.57. The Labute approximate surface area is 126 Å². The molecular weight excluding hydrogens is 246 g/mol. The highest BCUT2D eigenvalue weighted by Crippen LogP contribution is 2.37. The first-order valence-electron chi connectivity index (χ1n) is 8.58. The van der Waals surface area contributed by atoms with Crippen molar-refractivity contribution >= 4 is 0 Å². The molecule has 20 heavy (non-hydrogen) atoms. The van der Waals surface area contributed by atoms with Crippen LogP contribution in [0, 0.1) is 5.41 Å². The van der Waals surface area contributed by atoms with Crippen molar-refractivity contribution in [1.29, 1.82) is 0 Å². The molecule has 3 heteroatoms. The quantitative estimate of drug-likeness (QED) is 0.835. The molecule has 1 saturated carbocycles. The van der Waals surface area contributed by atoms with Crippen LogP contribution in [0.5, 0.6) is 0 Å². The summed E-state index contributed by atoms with van der Waals surface area (Å²) in [7, 11) is 4.49. The third-order valence-corrected chi connectivity index (χ3v) is 5.70. The molecule has 1 N–H and O–H groups in total. The summed E-state index contributed by atoms with van der Waals surface area (Å²) in [6.07, 6.45) is 6.78. The number of likely N-dealkylation sites (tertiary alicyclic amines) is 1. The lowest BCUT2D eigenvalue weighted by molar-refractivity contribution is 0.0678. The molecule has 2 fully saturated rings.